The van der Waals surface area contributed by atoms with E-state index >= 15 is 0 Å². The van der Waals surface area contributed by atoms with Crippen LogP contribution in [0.2, 0.25) is 0 Å². The molecule has 0 amide bonds. The third-order valence-electron chi connectivity index (χ3n) is 5.75. The molecule has 0 saturated carbocycles. The van der Waals surface area contributed by atoms with Gasteiger partial charge in [0.2, 0.25) is 10.0 Å². The number of esters is 1. The van der Waals surface area contributed by atoms with E-state index in [1.807, 2.05) is 12.1 Å². The second-order valence-electron chi connectivity index (χ2n) is 8.24. The van der Waals surface area contributed by atoms with Gasteiger partial charge in [0.05, 0.1) is 23.5 Å². The summed E-state index contributed by atoms with van der Waals surface area (Å²) in [5, 5.41) is 0. The highest BCUT2D eigenvalue weighted by Gasteiger charge is 2.33. The topological polar surface area (TPSA) is 90.0 Å². The molecule has 172 valence electrons. The average molecular weight is 460 g/mol. The number of Topliss-reactive ketones (excluding diaryl/α,β-unsaturated/α-hetero) is 1. The predicted octanol–water partition coefficient (Wildman–Crippen LogP) is 4.03. The van der Waals surface area contributed by atoms with Crippen molar-refractivity contribution in [2.75, 3.05) is 20.2 Å². The van der Waals surface area contributed by atoms with Gasteiger partial charge in [-0.1, -0.05) is 26.0 Å². The zero-order valence-corrected chi connectivity index (χ0v) is 19.6. The minimum Gasteiger partial charge on any atom is -0.497 e. The second-order valence-corrected chi connectivity index (χ2v) is 10.2. The monoisotopic (exact) mass is 459 g/mol. The molecule has 0 bridgehead atoms. The highest BCUT2D eigenvalue weighted by atomic mass is 32.2. The molecule has 0 spiro atoms. The molecule has 1 saturated heterocycles. The van der Waals surface area contributed by atoms with E-state index in [4.69, 9.17) is 9.47 Å². The van der Waals surface area contributed by atoms with Crippen molar-refractivity contribution in [1.29, 1.82) is 0 Å². The molecule has 7 nitrogen and oxygen atoms in total. The van der Waals surface area contributed by atoms with Gasteiger partial charge < -0.3 is 9.47 Å². The fourth-order valence-corrected chi connectivity index (χ4v) is 5.17. The van der Waals surface area contributed by atoms with E-state index in [1.165, 1.54) is 24.4 Å². The molecule has 0 aromatic heterocycles. The number of carbonyl (C=O) groups is 2. The van der Waals surface area contributed by atoms with Crippen molar-refractivity contribution in [3.8, 4) is 11.5 Å². The Morgan fingerprint density at radius 3 is 2.19 bits per heavy atom. The third kappa shape index (κ3) is 5.19. The van der Waals surface area contributed by atoms with Crippen molar-refractivity contribution in [1.82, 2.24) is 4.31 Å². The number of piperidine rings is 1. The highest BCUT2D eigenvalue weighted by Crippen LogP contribution is 2.29. The van der Waals surface area contributed by atoms with Crippen LogP contribution in [0.1, 0.15) is 55.5 Å². The van der Waals surface area contributed by atoms with Gasteiger partial charge in [-0.2, -0.15) is 4.31 Å². The summed E-state index contributed by atoms with van der Waals surface area (Å²) >= 11 is 0. The lowest BCUT2D eigenvalue weighted by Crippen LogP contribution is -2.41. The molecule has 2 aromatic carbocycles. The van der Waals surface area contributed by atoms with E-state index in [0.717, 1.165) is 5.56 Å². The minimum atomic E-state index is -3.62. The number of nitrogens with zero attached hydrogens (tertiary/aromatic N) is 1. The Balaban J connectivity index is 1.66. The van der Waals surface area contributed by atoms with Crippen LogP contribution in [-0.4, -0.2) is 44.7 Å². The number of hydrogen-bond acceptors (Lipinski definition) is 6. The number of rotatable bonds is 7. The van der Waals surface area contributed by atoms with Crippen LogP contribution in [0.15, 0.2) is 47.4 Å². The molecule has 1 heterocycles. The predicted molar refractivity (Wildman–Crippen MR) is 121 cm³/mol. The van der Waals surface area contributed by atoms with E-state index in [9.17, 15) is 18.0 Å². The maximum Gasteiger partial charge on any atom is 0.314 e. The van der Waals surface area contributed by atoms with Crippen molar-refractivity contribution in [2.24, 2.45) is 5.92 Å². The Morgan fingerprint density at radius 2 is 1.66 bits per heavy atom. The van der Waals surface area contributed by atoms with Gasteiger partial charge in [0, 0.05) is 19.2 Å². The summed E-state index contributed by atoms with van der Waals surface area (Å²) in [7, 11) is -2.13. The molecule has 3 rings (SSSR count). The maximum atomic E-state index is 13.0. The molecule has 0 radical (unpaired) electrons. The summed E-state index contributed by atoms with van der Waals surface area (Å²) in [4.78, 5) is 24.8. The smallest absolute Gasteiger partial charge is 0.314 e. The molecule has 1 fully saturated rings. The third-order valence-corrected chi connectivity index (χ3v) is 7.66. The van der Waals surface area contributed by atoms with Crippen molar-refractivity contribution in [3.05, 3.63) is 53.6 Å². The van der Waals surface area contributed by atoms with Gasteiger partial charge in [-0.25, -0.2) is 8.42 Å². The zero-order chi connectivity index (χ0) is 23.5. The Labute approximate surface area is 189 Å². The van der Waals surface area contributed by atoms with Crippen molar-refractivity contribution < 1.29 is 27.5 Å². The summed E-state index contributed by atoms with van der Waals surface area (Å²) in [6, 6.07) is 11.6. The molecule has 0 atom stereocenters. The number of ether oxygens (including phenoxy) is 2. The first kappa shape index (κ1) is 23.9. The Kier molecular flexibility index (Phi) is 7.36. The SMILES string of the molecule is COc1ccc(C(C)=O)c(OC(=O)C2CCN(S(=O)(=O)c3ccc(C(C)C)cc3)CC2)c1. The summed E-state index contributed by atoms with van der Waals surface area (Å²) in [5.41, 5.74) is 1.37. The summed E-state index contributed by atoms with van der Waals surface area (Å²) < 4.78 is 38.1. The van der Waals surface area contributed by atoms with Crippen LogP contribution < -0.4 is 9.47 Å². The fourth-order valence-electron chi connectivity index (χ4n) is 3.70. The molecule has 0 N–H and O–H groups in total. The first-order valence-corrected chi connectivity index (χ1v) is 12.1. The van der Waals surface area contributed by atoms with Crippen LogP contribution >= 0.6 is 0 Å². The molecule has 2 aromatic rings. The molecule has 32 heavy (non-hydrogen) atoms. The average Bonchev–Trinajstić information content (AvgIpc) is 2.78. The standard InChI is InChI=1S/C24H29NO6S/c1-16(2)18-5-8-21(9-6-18)32(28,29)25-13-11-19(12-14-25)24(27)31-23-15-20(30-4)7-10-22(23)17(3)26/h5-10,15-16,19H,11-14H2,1-4H3. The summed E-state index contributed by atoms with van der Waals surface area (Å²) in [6.07, 6.45) is 0.697. The largest absolute Gasteiger partial charge is 0.497 e. The number of methoxy groups -OCH3 is 1. The van der Waals surface area contributed by atoms with E-state index in [2.05, 4.69) is 13.8 Å². The van der Waals surface area contributed by atoms with Gasteiger partial charge in [0.1, 0.15) is 11.5 Å². The quantitative estimate of drug-likeness (QED) is 0.353. The van der Waals surface area contributed by atoms with E-state index < -0.39 is 21.9 Å². The van der Waals surface area contributed by atoms with Gasteiger partial charge in [-0.15, -0.1) is 0 Å². The maximum absolute atomic E-state index is 13.0. The van der Waals surface area contributed by atoms with Gasteiger partial charge in [-0.3, -0.25) is 9.59 Å². The first-order chi connectivity index (χ1) is 15.1. The lowest BCUT2D eigenvalue weighted by atomic mass is 9.98. The number of benzene rings is 2. The Bertz CT molecular complexity index is 1080. The van der Waals surface area contributed by atoms with Crippen LogP contribution in [-0.2, 0) is 14.8 Å². The summed E-state index contributed by atoms with van der Waals surface area (Å²) in [5.74, 6) is -0.194. The zero-order valence-electron chi connectivity index (χ0n) is 18.8. The van der Waals surface area contributed by atoms with E-state index in [1.54, 1.807) is 24.3 Å². The normalized spacial score (nSPS) is 15.5. The van der Waals surface area contributed by atoms with Crippen LogP contribution in [0, 0.1) is 5.92 Å². The van der Waals surface area contributed by atoms with Crippen molar-refractivity contribution in [2.45, 2.75) is 44.4 Å². The van der Waals surface area contributed by atoms with Gasteiger partial charge in [0.25, 0.3) is 0 Å². The van der Waals surface area contributed by atoms with Crippen LogP contribution in [0.25, 0.3) is 0 Å². The molecule has 0 unspecified atom stereocenters. The molecular weight excluding hydrogens is 430 g/mol. The Hall–Kier alpha value is -2.71. The van der Waals surface area contributed by atoms with Crippen molar-refractivity contribution in [3.63, 3.8) is 0 Å². The van der Waals surface area contributed by atoms with Gasteiger partial charge in [-0.05, 0) is 55.5 Å². The first-order valence-electron chi connectivity index (χ1n) is 10.6. The molecule has 1 aliphatic rings. The van der Waals surface area contributed by atoms with Gasteiger partial charge >= 0.3 is 5.97 Å². The van der Waals surface area contributed by atoms with Crippen LogP contribution in [0.5, 0.6) is 11.5 Å². The number of ketones is 1. The van der Waals surface area contributed by atoms with Crippen LogP contribution in [0.3, 0.4) is 0 Å². The highest BCUT2D eigenvalue weighted by molar-refractivity contribution is 7.89. The minimum absolute atomic E-state index is 0.155. The molecule has 8 heteroatoms. The number of sulfonamides is 1. The van der Waals surface area contributed by atoms with E-state index in [-0.39, 0.29) is 29.5 Å². The molecule has 0 aliphatic carbocycles. The second kappa shape index (κ2) is 9.83. The lowest BCUT2D eigenvalue weighted by molar-refractivity contribution is -0.140. The molecule has 1 aliphatic heterocycles. The summed E-state index contributed by atoms with van der Waals surface area (Å²) in [6.45, 7) is 5.96. The Morgan fingerprint density at radius 1 is 1.03 bits per heavy atom. The van der Waals surface area contributed by atoms with E-state index in [0.29, 0.717) is 30.1 Å². The number of carbonyl (C=O) groups excluding carboxylic acids is 2. The number of hydrogen-bond donors (Lipinski definition) is 0. The van der Waals surface area contributed by atoms with Crippen molar-refractivity contribution >= 4 is 21.8 Å². The molecular formula is C24H29NO6S. The van der Waals surface area contributed by atoms with Crippen LogP contribution in [0.4, 0.5) is 0 Å². The fraction of sp³-hybridized carbons (Fsp3) is 0.417. The van der Waals surface area contributed by atoms with Gasteiger partial charge in [0.15, 0.2) is 5.78 Å². The lowest BCUT2D eigenvalue weighted by Gasteiger charge is -2.30.